The first-order valence-corrected chi connectivity index (χ1v) is 8.55. The minimum absolute atomic E-state index is 0.0307. The normalized spacial score (nSPS) is 19.4. The Hall–Kier alpha value is -0.650. The summed E-state index contributed by atoms with van der Waals surface area (Å²) in [5.74, 6) is -0.443. The van der Waals surface area contributed by atoms with Crippen LogP contribution >= 0.6 is 11.6 Å². The Labute approximate surface area is 124 Å². The summed E-state index contributed by atoms with van der Waals surface area (Å²) in [6, 6.07) is 2.77. The lowest BCUT2D eigenvalue weighted by molar-refractivity contribution is 0.291. The topological polar surface area (TPSA) is 37.4 Å². The van der Waals surface area contributed by atoms with Crippen molar-refractivity contribution in [2.45, 2.75) is 49.9 Å². The lowest BCUT2D eigenvalue weighted by atomic mass is 10.0. The van der Waals surface area contributed by atoms with E-state index in [0.717, 1.165) is 12.8 Å². The van der Waals surface area contributed by atoms with Gasteiger partial charge < -0.3 is 0 Å². The lowest BCUT2D eigenvalue weighted by Crippen LogP contribution is -2.42. The van der Waals surface area contributed by atoms with Crippen LogP contribution in [0, 0.1) is 12.7 Å². The van der Waals surface area contributed by atoms with Gasteiger partial charge in [0.25, 0.3) is 0 Å². The fraction of sp³-hybridized carbons (Fsp3) is 0.571. The first-order chi connectivity index (χ1) is 9.20. The molecule has 1 saturated heterocycles. The largest absolute Gasteiger partial charge is 0.243 e. The van der Waals surface area contributed by atoms with Crippen LogP contribution in [-0.2, 0) is 15.9 Å². The van der Waals surface area contributed by atoms with E-state index in [2.05, 4.69) is 0 Å². The first-order valence-electron chi connectivity index (χ1n) is 6.58. The van der Waals surface area contributed by atoms with Gasteiger partial charge in [0.2, 0.25) is 10.0 Å². The molecule has 0 aromatic heterocycles. The summed E-state index contributed by atoms with van der Waals surface area (Å²) >= 11 is 5.71. The highest BCUT2D eigenvalue weighted by molar-refractivity contribution is 7.89. The molecule has 6 heteroatoms. The van der Waals surface area contributed by atoms with Crippen molar-refractivity contribution in [3.63, 3.8) is 0 Å². The van der Waals surface area contributed by atoms with E-state index in [1.807, 2.05) is 13.8 Å². The molecule has 1 aliphatic rings. The molecular weight excluding hydrogens is 301 g/mol. The summed E-state index contributed by atoms with van der Waals surface area (Å²) in [4.78, 5) is 0.0307. The molecule has 1 heterocycles. The summed E-state index contributed by atoms with van der Waals surface area (Å²) in [7, 11) is -3.70. The van der Waals surface area contributed by atoms with Crippen LogP contribution in [-0.4, -0.2) is 24.8 Å². The van der Waals surface area contributed by atoms with E-state index in [0.29, 0.717) is 12.1 Å². The number of benzene rings is 1. The second-order valence-corrected chi connectivity index (χ2v) is 7.93. The van der Waals surface area contributed by atoms with Gasteiger partial charge in [-0.05, 0) is 51.3 Å². The molecule has 0 spiro atoms. The number of hydrogen-bond acceptors (Lipinski definition) is 2. The van der Waals surface area contributed by atoms with Crippen molar-refractivity contribution >= 4 is 21.6 Å². The van der Waals surface area contributed by atoms with E-state index < -0.39 is 21.4 Å². The molecule has 3 nitrogen and oxygen atoms in total. The predicted octanol–water partition coefficient (Wildman–Crippen LogP) is 3.44. The maximum atomic E-state index is 13.9. The average Bonchev–Trinajstić information content (AvgIpc) is 2.72. The van der Waals surface area contributed by atoms with Crippen LogP contribution in [0.2, 0.25) is 0 Å². The van der Waals surface area contributed by atoms with Gasteiger partial charge in [-0.3, -0.25) is 0 Å². The van der Waals surface area contributed by atoms with Crippen LogP contribution in [0.1, 0.15) is 37.8 Å². The fourth-order valence-electron chi connectivity index (χ4n) is 2.70. The van der Waals surface area contributed by atoms with Crippen molar-refractivity contribution in [2.75, 3.05) is 6.54 Å². The van der Waals surface area contributed by atoms with Gasteiger partial charge >= 0.3 is 0 Å². The molecule has 0 saturated carbocycles. The van der Waals surface area contributed by atoms with Crippen molar-refractivity contribution in [1.82, 2.24) is 4.31 Å². The molecule has 0 unspecified atom stereocenters. The molecule has 112 valence electrons. The van der Waals surface area contributed by atoms with Crippen LogP contribution in [0.15, 0.2) is 17.0 Å². The fourth-order valence-corrected chi connectivity index (χ4v) is 4.99. The predicted molar refractivity (Wildman–Crippen MR) is 77.9 cm³/mol. The van der Waals surface area contributed by atoms with Crippen LogP contribution in [0.4, 0.5) is 4.39 Å². The second kappa shape index (κ2) is 5.28. The molecule has 1 aromatic carbocycles. The number of alkyl halides is 1. The maximum Gasteiger partial charge on any atom is 0.243 e. The van der Waals surface area contributed by atoms with E-state index in [1.54, 1.807) is 0 Å². The molecule has 20 heavy (non-hydrogen) atoms. The highest BCUT2D eigenvalue weighted by Crippen LogP contribution is 2.35. The zero-order valence-electron chi connectivity index (χ0n) is 11.9. The van der Waals surface area contributed by atoms with Gasteiger partial charge in [-0.2, -0.15) is 4.31 Å². The lowest BCUT2D eigenvalue weighted by Gasteiger charge is -2.31. The third-order valence-corrected chi connectivity index (χ3v) is 6.45. The van der Waals surface area contributed by atoms with Gasteiger partial charge in [-0.1, -0.05) is 0 Å². The van der Waals surface area contributed by atoms with Crippen molar-refractivity contribution in [1.29, 1.82) is 0 Å². The van der Waals surface area contributed by atoms with Crippen LogP contribution in [0.5, 0.6) is 0 Å². The number of halogens is 2. The summed E-state index contributed by atoms with van der Waals surface area (Å²) < 4.78 is 41.0. The number of nitrogens with zero attached hydrogens (tertiary/aromatic N) is 1. The molecule has 0 bridgehead atoms. The van der Waals surface area contributed by atoms with Crippen LogP contribution in [0.25, 0.3) is 0 Å². The van der Waals surface area contributed by atoms with Gasteiger partial charge in [0.1, 0.15) is 5.82 Å². The van der Waals surface area contributed by atoms with Crippen molar-refractivity contribution in [3.05, 3.63) is 29.1 Å². The van der Waals surface area contributed by atoms with Gasteiger partial charge in [-0.15, -0.1) is 11.6 Å². The Bertz CT molecular complexity index is 628. The summed E-state index contributed by atoms with van der Waals surface area (Å²) in [5, 5.41) is 0. The third kappa shape index (κ3) is 2.59. The van der Waals surface area contributed by atoms with Crippen LogP contribution in [0.3, 0.4) is 0 Å². The Kier molecular flexibility index (Phi) is 4.15. The average molecular weight is 320 g/mol. The summed E-state index contributed by atoms with van der Waals surface area (Å²) in [6.07, 6.45) is 1.63. The molecule has 0 radical (unpaired) electrons. The number of rotatable bonds is 3. The van der Waals surface area contributed by atoms with E-state index in [1.165, 1.54) is 23.4 Å². The van der Waals surface area contributed by atoms with Crippen molar-refractivity contribution < 1.29 is 12.8 Å². The van der Waals surface area contributed by atoms with Gasteiger partial charge in [0.05, 0.1) is 4.90 Å². The molecule has 1 aromatic rings. The highest BCUT2D eigenvalue weighted by Gasteiger charge is 2.41. The summed E-state index contributed by atoms with van der Waals surface area (Å²) in [5.41, 5.74) is 0.200. The van der Waals surface area contributed by atoms with Gasteiger partial charge in [0.15, 0.2) is 0 Å². The molecule has 0 aliphatic carbocycles. The Morgan fingerprint density at radius 3 is 2.55 bits per heavy atom. The Morgan fingerprint density at radius 1 is 1.40 bits per heavy atom. The summed E-state index contributed by atoms with van der Waals surface area (Å²) in [6.45, 7) is 5.76. The zero-order chi connectivity index (χ0) is 15.1. The zero-order valence-corrected chi connectivity index (χ0v) is 13.5. The molecule has 0 amide bonds. The Morgan fingerprint density at radius 2 is 2.05 bits per heavy atom. The number of hydrogen-bond donors (Lipinski definition) is 0. The monoisotopic (exact) mass is 319 g/mol. The third-order valence-electron chi connectivity index (χ3n) is 3.90. The first kappa shape index (κ1) is 15.7. The number of sulfonamides is 1. The maximum absolute atomic E-state index is 13.9. The smallest absolute Gasteiger partial charge is 0.207 e. The SMILES string of the molecule is Cc1c(F)cc(CCl)cc1S(=O)(=O)N1CCCC1(C)C. The van der Waals surface area contributed by atoms with E-state index >= 15 is 0 Å². The standard InChI is InChI=1S/C14H19ClFNO2S/c1-10-12(16)7-11(9-15)8-13(10)20(18,19)17-6-4-5-14(17,2)3/h7-8H,4-6,9H2,1-3H3. The molecule has 1 fully saturated rings. The van der Waals surface area contributed by atoms with Crippen molar-refractivity contribution in [3.8, 4) is 0 Å². The Balaban J connectivity index is 2.58. The quantitative estimate of drug-likeness (QED) is 0.800. The molecule has 0 N–H and O–H groups in total. The minimum Gasteiger partial charge on any atom is -0.207 e. The van der Waals surface area contributed by atoms with Crippen molar-refractivity contribution in [2.24, 2.45) is 0 Å². The van der Waals surface area contributed by atoms with E-state index in [9.17, 15) is 12.8 Å². The molecule has 2 rings (SSSR count). The van der Waals surface area contributed by atoms with Crippen LogP contribution < -0.4 is 0 Å². The van der Waals surface area contributed by atoms with Gasteiger partial charge in [-0.25, -0.2) is 12.8 Å². The minimum atomic E-state index is -3.70. The molecular formula is C14H19ClFNO2S. The van der Waals surface area contributed by atoms with E-state index in [-0.39, 0.29) is 16.3 Å². The molecule has 1 aliphatic heterocycles. The van der Waals surface area contributed by atoms with Gasteiger partial charge in [0, 0.05) is 23.5 Å². The van der Waals surface area contributed by atoms with E-state index in [4.69, 9.17) is 11.6 Å². The highest BCUT2D eigenvalue weighted by atomic mass is 35.5. The second-order valence-electron chi connectivity index (χ2n) is 5.83. The molecule has 0 atom stereocenters.